The van der Waals surface area contributed by atoms with Crippen LogP contribution in [0.2, 0.25) is 0 Å². The number of methoxy groups -OCH3 is 1. The molecule has 1 aromatic carbocycles. The molecule has 1 aliphatic carbocycles. The lowest BCUT2D eigenvalue weighted by atomic mass is 9.69. The lowest BCUT2D eigenvalue weighted by Gasteiger charge is -2.37. The molecule has 0 heterocycles. The zero-order valence-electron chi connectivity index (χ0n) is 10.7. The second kappa shape index (κ2) is 5.49. The number of phenolic OH excluding ortho intramolecular Hbond substituents is 1. The first-order valence-electron chi connectivity index (χ1n) is 6.40. The number of hydrogen-bond acceptors (Lipinski definition) is 3. The van der Waals surface area contributed by atoms with Crippen molar-refractivity contribution in [3.05, 3.63) is 22.2 Å². The van der Waals surface area contributed by atoms with E-state index in [1.54, 1.807) is 13.2 Å². The summed E-state index contributed by atoms with van der Waals surface area (Å²) in [4.78, 5) is 0. The van der Waals surface area contributed by atoms with Gasteiger partial charge in [-0.25, -0.2) is 0 Å². The van der Waals surface area contributed by atoms with Crippen molar-refractivity contribution in [3.8, 4) is 11.5 Å². The van der Waals surface area contributed by atoms with E-state index in [0.717, 1.165) is 24.2 Å². The summed E-state index contributed by atoms with van der Waals surface area (Å²) in [6.07, 6.45) is 5.68. The van der Waals surface area contributed by atoms with Gasteiger partial charge in [0, 0.05) is 17.5 Å². The Hall–Kier alpha value is -0.740. The number of halogens is 1. The molecule has 0 spiro atoms. The quantitative estimate of drug-likeness (QED) is 0.900. The highest BCUT2D eigenvalue weighted by Gasteiger charge is 2.35. The van der Waals surface area contributed by atoms with E-state index in [2.05, 4.69) is 15.9 Å². The summed E-state index contributed by atoms with van der Waals surface area (Å²) in [5, 5.41) is 10.3. The molecule has 1 aliphatic rings. The van der Waals surface area contributed by atoms with Gasteiger partial charge in [-0.1, -0.05) is 19.3 Å². The topological polar surface area (TPSA) is 55.5 Å². The van der Waals surface area contributed by atoms with Gasteiger partial charge in [0.05, 0.1) is 11.6 Å². The molecule has 2 rings (SSSR count). The molecule has 0 atom stereocenters. The van der Waals surface area contributed by atoms with Gasteiger partial charge in [0.1, 0.15) is 11.5 Å². The van der Waals surface area contributed by atoms with Crippen LogP contribution in [0, 0.1) is 0 Å². The van der Waals surface area contributed by atoms with Gasteiger partial charge in [-0.15, -0.1) is 0 Å². The van der Waals surface area contributed by atoms with E-state index in [0.29, 0.717) is 16.8 Å². The molecule has 3 N–H and O–H groups in total. The fraction of sp³-hybridized carbons (Fsp3) is 0.571. The van der Waals surface area contributed by atoms with Crippen LogP contribution in [0.4, 0.5) is 0 Å². The highest BCUT2D eigenvalue weighted by atomic mass is 79.9. The van der Waals surface area contributed by atoms with Gasteiger partial charge in [-0.3, -0.25) is 0 Å². The Morgan fingerprint density at radius 1 is 1.33 bits per heavy atom. The molecule has 18 heavy (non-hydrogen) atoms. The Bertz CT molecular complexity index is 428. The molecule has 0 bridgehead atoms. The van der Waals surface area contributed by atoms with Gasteiger partial charge < -0.3 is 15.6 Å². The molecule has 1 aromatic rings. The monoisotopic (exact) mass is 313 g/mol. The molecule has 0 saturated heterocycles. The second-order valence-electron chi connectivity index (χ2n) is 5.05. The highest BCUT2D eigenvalue weighted by molar-refractivity contribution is 9.10. The Morgan fingerprint density at radius 2 is 2.00 bits per heavy atom. The van der Waals surface area contributed by atoms with Crippen molar-refractivity contribution in [3.63, 3.8) is 0 Å². The van der Waals surface area contributed by atoms with Gasteiger partial charge in [-0.2, -0.15) is 0 Å². The fourth-order valence-electron chi connectivity index (χ4n) is 2.91. The largest absolute Gasteiger partial charge is 0.506 e. The van der Waals surface area contributed by atoms with E-state index in [1.165, 1.54) is 19.3 Å². The average molecular weight is 314 g/mol. The number of rotatable bonds is 3. The van der Waals surface area contributed by atoms with E-state index < -0.39 is 0 Å². The van der Waals surface area contributed by atoms with Gasteiger partial charge in [-0.05, 0) is 40.9 Å². The van der Waals surface area contributed by atoms with Gasteiger partial charge >= 0.3 is 0 Å². The van der Waals surface area contributed by atoms with E-state index in [4.69, 9.17) is 10.5 Å². The van der Waals surface area contributed by atoms with Gasteiger partial charge in [0.2, 0.25) is 0 Å². The van der Waals surface area contributed by atoms with Crippen LogP contribution in [0.15, 0.2) is 16.6 Å². The Balaban J connectivity index is 2.50. The Morgan fingerprint density at radius 3 is 2.56 bits per heavy atom. The summed E-state index contributed by atoms with van der Waals surface area (Å²) < 4.78 is 5.97. The number of ether oxygens (including phenoxy) is 1. The summed E-state index contributed by atoms with van der Waals surface area (Å²) in [5.74, 6) is 1.07. The lowest BCUT2D eigenvalue weighted by molar-refractivity contribution is 0.289. The summed E-state index contributed by atoms with van der Waals surface area (Å²) in [6, 6.07) is 3.71. The van der Waals surface area contributed by atoms with Gasteiger partial charge in [0.15, 0.2) is 0 Å². The third-order valence-electron chi connectivity index (χ3n) is 4.05. The number of phenols is 1. The molecular weight excluding hydrogens is 294 g/mol. The number of aromatic hydroxyl groups is 1. The van der Waals surface area contributed by atoms with Crippen LogP contribution >= 0.6 is 15.9 Å². The van der Waals surface area contributed by atoms with Crippen molar-refractivity contribution in [2.24, 2.45) is 5.73 Å². The van der Waals surface area contributed by atoms with Crippen molar-refractivity contribution in [2.75, 3.05) is 13.7 Å². The van der Waals surface area contributed by atoms with Crippen molar-refractivity contribution in [2.45, 2.75) is 37.5 Å². The third kappa shape index (κ3) is 2.36. The number of hydrogen-bond donors (Lipinski definition) is 2. The van der Waals surface area contributed by atoms with Crippen LogP contribution in [0.5, 0.6) is 11.5 Å². The lowest BCUT2D eigenvalue weighted by Crippen LogP contribution is -2.37. The zero-order chi connectivity index (χ0) is 13.2. The minimum absolute atomic E-state index is 0.0978. The average Bonchev–Trinajstić information content (AvgIpc) is 2.42. The maximum atomic E-state index is 10.3. The first-order chi connectivity index (χ1) is 8.63. The number of benzene rings is 1. The molecule has 3 nitrogen and oxygen atoms in total. The summed E-state index contributed by atoms with van der Waals surface area (Å²) in [7, 11) is 1.64. The number of nitrogens with two attached hydrogens (primary N) is 1. The van der Waals surface area contributed by atoms with Crippen LogP contribution in [0.1, 0.15) is 37.7 Å². The normalized spacial score (nSPS) is 18.6. The first-order valence-corrected chi connectivity index (χ1v) is 7.19. The fourth-order valence-corrected chi connectivity index (χ4v) is 3.35. The predicted octanol–water partition coefficient (Wildman–Crippen LogP) is 3.32. The molecule has 1 fully saturated rings. The zero-order valence-corrected chi connectivity index (χ0v) is 12.3. The van der Waals surface area contributed by atoms with Crippen LogP contribution in [-0.4, -0.2) is 18.8 Å². The van der Waals surface area contributed by atoms with Crippen molar-refractivity contribution in [1.29, 1.82) is 0 Å². The third-order valence-corrected chi connectivity index (χ3v) is 4.65. The summed E-state index contributed by atoms with van der Waals surface area (Å²) in [6.45, 7) is 0.570. The minimum Gasteiger partial charge on any atom is -0.506 e. The van der Waals surface area contributed by atoms with Gasteiger partial charge in [0.25, 0.3) is 0 Å². The van der Waals surface area contributed by atoms with Crippen LogP contribution < -0.4 is 10.5 Å². The highest BCUT2D eigenvalue weighted by Crippen LogP contribution is 2.46. The standard InChI is InChI=1S/C14H20BrNO2/c1-18-10-7-11(13(17)12(15)8-10)14(9-16)5-3-2-4-6-14/h7-8,17H,2-6,9,16H2,1H3. The summed E-state index contributed by atoms with van der Waals surface area (Å²) in [5.41, 5.74) is 6.84. The second-order valence-corrected chi connectivity index (χ2v) is 5.90. The van der Waals surface area contributed by atoms with E-state index in [-0.39, 0.29) is 5.41 Å². The minimum atomic E-state index is -0.0978. The SMILES string of the molecule is COc1cc(Br)c(O)c(C2(CN)CCCCC2)c1. The van der Waals surface area contributed by atoms with E-state index in [9.17, 15) is 5.11 Å². The molecule has 0 radical (unpaired) electrons. The smallest absolute Gasteiger partial charge is 0.133 e. The molecule has 100 valence electrons. The molecular formula is C14H20BrNO2. The Labute approximate surface area is 116 Å². The first kappa shape index (κ1) is 13.7. The van der Waals surface area contributed by atoms with Crippen molar-refractivity contribution >= 4 is 15.9 Å². The molecule has 1 saturated carbocycles. The van der Waals surface area contributed by atoms with E-state index >= 15 is 0 Å². The van der Waals surface area contributed by atoms with E-state index in [1.807, 2.05) is 6.07 Å². The molecule has 0 unspecified atom stereocenters. The van der Waals surface area contributed by atoms with Crippen LogP contribution in [0.3, 0.4) is 0 Å². The maximum Gasteiger partial charge on any atom is 0.133 e. The van der Waals surface area contributed by atoms with Crippen molar-refractivity contribution in [1.82, 2.24) is 0 Å². The summed E-state index contributed by atoms with van der Waals surface area (Å²) >= 11 is 3.39. The molecule has 0 amide bonds. The van der Waals surface area contributed by atoms with Crippen LogP contribution in [-0.2, 0) is 5.41 Å². The maximum absolute atomic E-state index is 10.3. The predicted molar refractivity (Wildman–Crippen MR) is 76.2 cm³/mol. The Kier molecular flexibility index (Phi) is 4.17. The van der Waals surface area contributed by atoms with Crippen molar-refractivity contribution < 1.29 is 9.84 Å². The van der Waals surface area contributed by atoms with Crippen LogP contribution in [0.25, 0.3) is 0 Å². The molecule has 4 heteroatoms. The molecule has 0 aliphatic heterocycles. The molecule has 0 aromatic heterocycles.